The zero-order valence-corrected chi connectivity index (χ0v) is 19.4. The summed E-state index contributed by atoms with van der Waals surface area (Å²) in [6.45, 7) is 7.36. The maximum atomic E-state index is 13.5. The Bertz CT molecular complexity index is 1180. The Morgan fingerprint density at radius 3 is 2.78 bits per heavy atom. The summed E-state index contributed by atoms with van der Waals surface area (Å²) in [7, 11) is 0. The van der Waals surface area contributed by atoms with Gasteiger partial charge in [-0.25, -0.2) is 4.39 Å². The minimum Gasteiger partial charge on any atom is -0.361 e. The zero-order valence-electron chi connectivity index (χ0n) is 19.4. The predicted molar refractivity (Wildman–Crippen MR) is 134 cm³/mol. The standard InChI is InChI=1S/C29H33FN2/c1-4-21-10-12-29-28(18-21)25(19-32-29)13-14-31-20(3)27-11-9-23(16-24(27)5-2)15-22-7-6-8-26(30)17-22/h6-8,10-12,16-19,24,32H,4-5,9,13-15H2,1-3H3. The fourth-order valence-electron chi connectivity index (χ4n) is 4.72. The minimum atomic E-state index is -0.161. The second kappa shape index (κ2) is 10.1. The first kappa shape index (κ1) is 22.3. The number of nitrogens with zero attached hydrogens (tertiary/aromatic N) is 1. The summed E-state index contributed by atoms with van der Waals surface area (Å²) in [5.41, 5.74) is 8.82. The van der Waals surface area contributed by atoms with Crippen LogP contribution < -0.4 is 0 Å². The molecule has 2 aromatic carbocycles. The number of aliphatic imine (C=N–C) groups is 1. The number of allylic oxidation sites excluding steroid dienone is 4. The van der Waals surface area contributed by atoms with Gasteiger partial charge in [0.05, 0.1) is 0 Å². The summed E-state index contributed by atoms with van der Waals surface area (Å²) in [6.07, 6.45) is 11.6. The number of H-pyrrole nitrogens is 1. The smallest absolute Gasteiger partial charge is 0.123 e. The van der Waals surface area contributed by atoms with Crippen LogP contribution in [0.4, 0.5) is 4.39 Å². The molecule has 3 heteroatoms. The summed E-state index contributed by atoms with van der Waals surface area (Å²) in [6, 6.07) is 13.6. The molecule has 0 saturated carbocycles. The number of hydrogen-bond donors (Lipinski definition) is 1. The fraction of sp³-hybridized carbons (Fsp3) is 0.345. The summed E-state index contributed by atoms with van der Waals surface area (Å²) in [5, 5.41) is 1.32. The quantitative estimate of drug-likeness (QED) is 0.286. The molecule has 4 rings (SSSR count). The molecule has 0 saturated heterocycles. The van der Waals surface area contributed by atoms with Gasteiger partial charge in [0.1, 0.15) is 5.82 Å². The van der Waals surface area contributed by atoms with E-state index in [4.69, 9.17) is 4.99 Å². The Kier molecular flexibility index (Phi) is 7.04. The number of rotatable bonds is 8. The van der Waals surface area contributed by atoms with E-state index < -0.39 is 0 Å². The second-order valence-corrected chi connectivity index (χ2v) is 8.77. The monoisotopic (exact) mass is 428 g/mol. The molecule has 166 valence electrons. The van der Waals surface area contributed by atoms with Gasteiger partial charge in [0.2, 0.25) is 0 Å². The van der Waals surface area contributed by atoms with Gasteiger partial charge in [-0.15, -0.1) is 0 Å². The average Bonchev–Trinajstić information content (AvgIpc) is 3.21. The topological polar surface area (TPSA) is 28.1 Å². The molecule has 1 aliphatic rings. The van der Waals surface area contributed by atoms with Crippen molar-refractivity contribution < 1.29 is 4.39 Å². The maximum Gasteiger partial charge on any atom is 0.123 e. The lowest BCUT2D eigenvalue weighted by Crippen LogP contribution is -2.14. The lowest BCUT2D eigenvalue weighted by atomic mass is 9.83. The van der Waals surface area contributed by atoms with E-state index in [0.717, 1.165) is 49.9 Å². The first-order valence-electron chi connectivity index (χ1n) is 11.8. The van der Waals surface area contributed by atoms with Crippen LogP contribution in [0.3, 0.4) is 0 Å². The molecule has 32 heavy (non-hydrogen) atoms. The molecule has 0 fully saturated rings. The molecule has 3 aromatic rings. The van der Waals surface area contributed by atoms with E-state index in [2.05, 4.69) is 62.3 Å². The number of fused-ring (bicyclic) bond motifs is 1. The van der Waals surface area contributed by atoms with Crippen LogP contribution in [-0.4, -0.2) is 17.2 Å². The molecular formula is C29H33FN2. The third-order valence-electron chi connectivity index (χ3n) is 6.57. The number of benzene rings is 2. The van der Waals surface area contributed by atoms with Gasteiger partial charge in [0.25, 0.3) is 0 Å². The van der Waals surface area contributed by atoms with E-state index in [-0.39, 0.29) is 5.82 Å². The van der Waals surface area contributed by atoms with Crippen LogP contribution >= 0.6 is 0 Å². The molecule has 0 bridgehead atoms. The van der Waals surface area contributed by atoms with Crippen molar-refractivity contribution in [2.45, 2.75) is 52.9 Å². The number of aromatic nitrogens is 1. The first-order chi connectivity index (χ1) is 15.6. The van der Waals surface area contributed by atoms with Crippen LogP contribution in [0.2, 0.25) is 0 Å². The Morgan fingerprint density at radius 2 is 2.00 bits per heavy atom. The number of hydrogen-bond acceptors (Lipinski definition) is 1. The van der Waals surface area contributed by atoms with Gasteiger partial charge in [0.15, 0.2) is 0 Å². The van der Waals surface area contributed by atoms with Gasteiger partial charge >= 0.3 is 0 Å². The first-order valence-corrected chi connectivity index (χ1v) is 11.8. The molecule has 0 aliphatic heterocycles. The van der Waals surface area contributed by atoms with Crippen molar-refractivity contribution in [3.8, 4) is 0 Å². The van der Waals surface area contributed by atoms with Gasteiger partial charge in [0, 0.05) is 35.3 Å². The Balaban J connectivity index is 1.41. The van der Waals surface area contributed by atoms with Gasteiger partial charge in [-0.05, 0) is 85.6 Å². The number of nitrogens with one attached hydrogen (secondary N) is 1. The van der Waals surface area contributed by atoms with Crippen molar-refractivity contribution >= 4 is 16.6 Å². The van der Waals surface area contributed by atoms with Gasteiger partial charge in [-0.1, -0.05) is 49.8 Å². The highest BCUT2D eigenvalue weighted by atomic mass is 19.1. The van der Waals surface area contributed by atoms with Crippen molar-refractivity contribution in [1.29, 1.82) is 0 Å². The van der Waals surface area contributed by atoms with E-state index in [1.54, 1.807) is 12.1 Å². The SMILES string of the molecule is CCc1ccc2[nH]cc(CCN=C(C)C3=CCC(Cc4cccc(F)c4)=CC3CC)c2c1. The van der Waals surface area contributed by atoms with Crippen LogP contribution in [0, 0.1) is 11.7 Å². The summed E-state index contributed by atoms with van der Waals surface area (Å²) in [4.78, 5) is 8.34. The van der Waals surface area contributed by atoms with E-state index in [1.165, 1.54) is 39.2 Å². The van der Waals surface area contributed by atoms with Crippen LogP contribution in [0.15, 0.2) is 77.0 Å². The largest absolute Gasteiger partial charge is 0.361 e. The number of aryl methyl sites for hydroxylation is 1. The molecule has 1 aliphatic carbocycles. The van der Waals surface area contributed by atoms with Crippen molar-refractivity contribution in [1.82, 2.24) is 4.98 Å². The molecule has 1 heterocycles. The highest BCUT2D eigenvalue weighted by Crippen LogP contribution is 2.29. The third-order valence-corrected chi connectivity index (χ3v) is 6.57. The normalized spacial score (nSPS) is 16.9. The molecule has 1 atom stereocenters. The van der Waals surface area contributed by atoms with E-state index in [0.29, 0.717) is 5.92 Å². The van der Waals surface area contributed by atoms with E-state index in [1.807, 2.05) is 6.07 Å². The van der Waals surface area contributed by atoms with Crippen molar-refractivity contribution in [3.63, 3.8) is 0 Å². The van der Waals surface area contributed by atoms with Crippen LogP contribution in [-0.2, 0) is 19.3 Å². The van der Waals surface area contributed by atoms with Crippen molar-refractivity contribution in [3.05, 3.63) is 94.5 Å². The lowest BCUT2D eigenvalue weighted by molar-refractivity contribution is 0.625. The molecule has 2 nitrogen and oxygen atoms in total. The summed E-state index contributed by atoms with van der Waals surface area (Å²) < 4.78 is 13.5. The van der Waals surface area contributed by atoms with Crippen molar-refractivity contribution in [2.24, 2.45) is 10.9 Å². The highest BCUT2D eigenvalue weighted by Gasteiger charge is 2.18. The molecule has 1 N–H and O–H groups in total. The van der Waals surface area contributed by atoms with Crippen LogP contribution in [0.1, 0.15) is 50.3 Å². The Morgan fingerprint density at radius 1 is 1.12 bits per heavy atom. The Labute approximate surface area is 191 Å². The lowest BCUT2D eigenvalue weighted by Gasteiger charge is -2.22. The zero-order chi connectivity index (χ0) is 22.5. The van der Waals surface area contributed by atoms with E-state index >= 15 is 0 Å². The third kappa shape index (κ3) is 5.09. The molecular weight excluding hydrogens is 395 g/mol. The molecule has 1 unspecified atom stereocenters. The van der Waals surface area contributed by atoms with Crippen LogP contribution in [0.25, 0.3) is 10.9 Å². The highest BCUT2D eigenvalue weighted by molar-refractivity contribution is 5.99. The number of halogens is 1. The molecule has 1 aromatic heterocycles. The van der Waals surface area contributed by atoms with E-state index in [9.17, 15) is 4.39 Å². The predicted octanol–water partition coefficient (Wildman–Crippen LogP) is 7.40. The Hall–Kier alpha value is -2.94. The van der Waals surface area contributed by atoms with Crippen LogP contribution in [0.5, 0.6) is 0 Å². The summed E-state index contributed by atoms with van der Waals surface area (Å²) >= 11 is 0. The summed E-state index contributed by atoms with van der Waals surface area (Å²) in [5.74, 6) is 0.225. The number of aromatic amines is 1. The minimum absolute atomic E-state index is 0.161. The second-order valence-electron chi connectivity index (χ2n) is 8.77. The maximum absolute atomic E-state index is 13.5. The van der Waals surface area contributed by atoms with Gasteiger partial charge in [-0.2, -0.15) is 0 Å². The fourth-order valence-corrected chi connectivity index (χ4v) is 4.72. The van der Waals surface area contributed by atoms with Gasteiger partial charge < -0.3 is 4.98 Å². The molecule has 0 radical (unpaired) electrons. The molecule has 0 amide bonds. The van der Waals surface area contributed by atoms with Crippen molar-refractivity contribution in [2.75, 3.05) is 6.54 Å². The average molecular weight is 429 g/mol. The van der Waals surface area contributed by atoms with Gasteiger partial charge in [-0.3, -0.25) is 4.99 Å². The molecule has 0 spiro atoms.